The lowest BCUT2D eigenvalue weighted by atomic mass is 10.4. The molecule has 0 aromatic heterocycles. The van der Waals surface area contributed by atoms with Crippen molar-refractivity contribution in [3.8, 4) is 0 Å². The minimum Gasteiger partial charge on any atom is -0.206 e. The Morgan fingerprint density at radius 3 is 2.17 bits per heavy atom. The molecule has 0 aliphatic rings. The third-order valence-electron chi connectivity index (χ3n) is 1.20. The molecule has 0 saturated heterocycles. The number of hydrogen-bond acceptors (Lipinski definition) is 2. The van der Waals surface area contributed by atoms with Crippen molar-refractivity contribution in [1.82, 2.24) is 5.14 Å². The number of hydrogen-bond donors (Lipinski definition) is 0. The summed E-state index contributed by atoms with van der Waals surface area (Å²) in [4.78, 5) is -0.156. The van der Waals surface area contributed by atoms with Crippen LogP contribution < -0.4 is 5.14 Å². The molecule has 0 aliphatic heterocycles. The molecule has 1 rings (SSSR count). The molecule has 1 N–H and O–H groups in total. The van der Waals surface area contributed by atoms with E-state index in [1.807, 2.05) is 0 Å². The summed E-state index contributed by atoms with van der Waals surface area (Å²) >= 11 is 11.1. The van der Waals surface area contributed by atoms with Crippen LogP contribution in [0.3, 0.4) is 0 Å². The van der Waals surface area contributed by atoms with E-state index in [1.165, 1.54) is 12.1 Å². The summed E-state index contributed by atoms with van der Waals surface area (Å²) in [7, 11) is -3.94. The molecule has 0 unspecified atom stereocenters. The Morgan fingerprint density at radius 2 is 1.75 bits per heavy atom. The maximum Gasteiger partial charge on any atom is 0.254 e. The van der Waals surface area contributed by atoms with Gasteiger partial charge in [-0.1, -0.05) is 23.2 Å². The van der Waals surface area contributed by atoms with E-state index in [0.717, 1.165) is 6.07 Å². The van der Waals surface area contributed by atoms with Crippen LogP contribution >= 0.6 is 23.2 Å². The van der Waals surface area contributed by atoms with Gasteiger partial charge in [0.15, 0.2) is 0 Å². The maximum absolute atomic E-state index is 10.7. The highest BCUT2D eigenvalue weighted by atomic mass is 35.5. The first kappa shape index (κ1) is 9.80. The van der Waals surface area contributed by atoms with Crippen molar-refractivity contribution >= 4 is 33.2 Å². The van der Waals surface area contributed by atoms with Gasteiger partial charge in [-0.25, -0.2) is 8.42 Å². The molecule has 1 radical (unpaired) electrons. The zero-order valence-corrected chi connectivity index (χ0v) is 8.04. The van der Waals surface area contributed by atoms with Crippen LogP contribution in [0, 0.1) is 0 Å². The van der Waals surface area contributed by atoms with Crippen molar-refractivity contribution in [3.63, 3.8) is 0 Å². The van der Waals surface area contributed by atoms with Gasteiger partial charge in [0, 0.05) is 0 Å². The Kier molecular flexibility index (Phi) is 2.63. The second kappa shape index (κ2) is 3.22. The molecule has 0 bridgehead atoms. The maximum atomic E-state index is 10.7. The molecule has 6 heteroatoms. The Labute approximate surface area is 80.1 Å². The predicted molar refractivity (Wildman–Crippen MR) is 46.7 cm³/mol. The zero-order chi connectivity index (χ0) is 9.35. The highest BCUT2D eigenvalue weighted by molar-refractivity contribution is 7.88. The van der Waals surface area contributed by atoms with Gasteiger partial charge in [0.1, 0.15) is 0 Å². The van der Waals surface area contributed by atoms with E-state index in [2.05, 4.69) is 0 Å². The van der Waals surface area contributed by atoms with Crippen LogP contribution in [-0.2, 0) is 10.0 Å². The highest BCUT2D eigenvalue weighted by Gasteiger charge is 2.09. The molecule has 1 aromatic carbocycles. The van der Waals surface area contributed by atoms with Gasteiger partial charge in [0.25, 0.3) is 10.0 Å². The van der Waals surface area contributed by atoms with Crippen LogP contribution in [0.1, 0.15) is 0 Å². The average molecular weight is 225 g/mol. The van der Waals surface area contributed by atoms with E-state index in [9.17, 15) is 8.42 Å². The molecule has 0 aliphatic carbocycles. The average Bonchev–Trinajstić information content (AvgIpc) is 1.92. The second-order valence-electron chi connectivity index (χ2n) is 2.08. The van der Waals surface area contributed by atoms with Crippen molar-refractivity contribution in [2.24, 2.45) is 0 Å². The molecule has 0 saturated carbocycles. The van der Waals surface area contributed by atoms with Crippen molar-refractivity contribution in [2.45, 2.75) is 4.90 Å². The molecular formula is C6H4Cl2NO2S. The lowest BCUT2D eigenvalue weighted by Gasteiger charge is -1.98. The normalized spacial score (nSPS) is 11.6. The smallest absolute Gasteiger partial charge is 0.206 e. The Bertz CT molecular complexity index is 402. The number of halogens is 2. The first-order valence-electron chi connectivity index (χ1n) is 2.86. The molecule has 0 amide bonds. The van der Waals surface area contributed by atoms with Crippen molar-refractivity contribution < 1.29 is 8.42 Å². The summed E-state index contributed by atoms with van der Waals surface area (Å²) in [5.41, 5.74) is 0. The molecule has 1 aromatic rings. The van der Waals surface area contributed by atoms with Gasteiger partial charge in [-0.15, -0.1) is 5.14 Å². The lowest BCUT2D eigenvalue weighted by molar-refractivity contribution is 0.596. The quantitative estimate of drug-likeness (QED) is 0.733. The van der Waals surface area contributed by atoms with Gasteiger partial charge in [-0.2, -0.15) is 0 Å². The molecule has 0 atom stereocenters. The van der Waals surface area contributed by atoms with Gasteiger partial charge < -0.3 is 0 Å². The van der Waals surface area contributed by atoms with Gasteiger partial charge in [0.05, 0.1) is 14.9 Å². The first-order chi connectivity index (χ1) is 5.41. The fourth-order valence-electron chi connectivity index (χ4n) is 0.644. The number of benzene rings is 1. The summed E-state index contributed by atoms with van der Waals surface area (Å²) in [5.74, 6) is 0. The minimum absolute atomic E-state index is 0.130. The number of sulfonamides is 1. The van der Waals surface area contributed by atoms with Crippen molar-refractivity contribution in [1.29, 1.82) is 0 Å². The molecule has 0 fully saturated rings. The number of rotatable bonds is 1. The molecule has 0 heterocycles. The van der Waals surface area contributed by atoms with Gasteiger partial charge in [-0.05, 0) is 18.2 Å². The van der Waals surface area contributed by atoms with Crippen LogP contribution in [0.4, 0.5) is 0 Å². The minimum atomic E-state index is -3.94. The van der Waals surface area contributed by atoms with E-state index in [0.29, 0.717) is 0 Å². The topological polar surface area (TPSA) is 57.9 Å². The summed E-state index contributed by atoms with van der Waals surface area (Å²) in [6.45, 7) is 0. The Hall–Kier alpha value is -0.290. The predicted octanol–water partition coefficient (Wildman–Crippen LogP) is 1.97. The van der Waals surface area contributed by atoms with Crippen LogP contribution in [0.5, 0.6) is 0 Å². The van der Waals surface area contributed by atoms with Gasteiger partial charge >= 0.3 is 0 Å². The van der Waals surface area contributed by atoms with Crippen molar-refractivity contribution in [2.75, 3.05) is 0 Å². The van der Waals surface area contributed by atoms with Crippen LogP contribution in [0.15, 0.2) is 23.1 Å². The summed E-state index contributed by atoms with van der Waals surface area (Å²) in [5, 5.41) is 7.11. The molecule has 3 nitrogen and oxygen atoms in total. The summed E-state index contributed by atoms with van der Waals surface area (Å²) < 4.78 is 21.3. The SMILES string of the molecule is [NH]S(=O)(=O)c1ccc(Cl)c(Cl)c1. The van der Waals surface area contributed by atoms with Crippen LogP contribution in [-0.4, -0.2) is 8.42 Å². The lowest BCUT2D eigenvalue weighted by Crippen LogP contribution is -1.99. The fourth-order valence-corrected chi connectivity index (χ4v) is 1.53. The first-order valence-corrected chi connectivity index (χ1v) is 5.10. The summed E-state index contributed by atoms with van der Waals surface area (Å²) in [6, 6.07) is 3.72. The third kappa shape index (κ3) is 2.10. The van der Waals surface area contributed by atoms with E-state index in [4.69, 9.17) is 28.3 Å². The molecule has 12 heavy (non-hydrogen) atoms. The van der Waals surface area contributed by atoms with E-state index >= 15 is 0 Å². The van der Waals surface area contributed by atoms with Crippen LogP contribution in [0.2, 0.25) is 10.0 Å². The molecular weight excluding hydrogens is 221 g/mol. The monoisotopic (exact) mass is 224 g/mol. The van der Waals surface area contributed by atoms with Crippen LogP contribution in [0.25, 0.3) is 0 Å². The second-order valence-corrected chi connectivity index (χ2v) is 4.37. The third-order valence-corrected chi connectivity index (χ3v) is 2.81. The molecule has 65 valence electrons. The fraction of sp³-hybridized carbons (Fsp3) is 0. The van der Waals surface area contributed by atoms with E-state index in [1.54, 1.807) is 0 Å². The largest absolute Gasteiger partial charge is 0.254 e. The van der Waals surface area contributed by atoms with Gasteiger partial charge in [-0.3, -0.25) is 0 Å². The van der Waals surface area contributed by atoms with E-state index < -0.39 is 10.0 Å². The van der Waals surface area contributed by atoms with E-state index in [-0.39, 0.29) is 14.9 Å². The molecule has 0 spiro atoms. The Morgan fingerprint density at radius 1 is 1.17 bits per heavy atom. The van der Waals surface area contributed by atoms with Crippen molar-refractivity contribution in [3.05, 3.63) is 28.2 Å². The highest BCUT2D eigenvalue weighted by Crippen LogP contribution is 2.24. The zero-order valence-electron chi connectivity index (χ0n) is 5.71. The Balaban J connectivity index is 3.33. The standard InChI is InChI=1S/C6H4Cl2NO2S/c7-5-2-1-4(3-6(5)8)12(9,10)11/h1-3,9H. The number of nitrogens with one attached hydrogen (secondary N) is 1. The summed E-state index contributed by atoms with van der Waals surface area (Å²) in [6.07, 6.45) is 0. The van der Waals surface area contributed by atoms with Gasteiger partial charge in [0.2, 0.25) is 0 Å².